The number of fused-ring (bicyclic) bond motifs is 5. The van der Waals surface area contributed by atoms with E-state index in [-0.39, 0.29) is 18.0 Å². The van der Waals surface area contributed by atoms with Crippen LogP contribution in [-0.2, 0) is 4.74 Å². The summed E-state index contributed by atoms with van der Waals surface area (Å²) in [5.74, 6) is 1.22. The zero-order chi connectivity index (χ0) is 25.1. The van der Waals surface area contributed by atoms with Crippen LogP contribution in [0.4, 0.5) is 10.2 Å². The largest absolute Gasteiger partial charge is 0.356 e. The minimum Gasteiger partial charge on any atom is -0.356 e. The second-order valence-corrected chi connectivity index (χ2v) is 11.4. The van der Waals surface area contributed by atoms with E-state index in [4.69, 9.17) is 14.8 Å². The molecule has 37 heavy (non-hydrogen) atoms. The van der Waals surface area contributed by atoms with Crippen molar-refractivity contribution in [3.63, 3.8) is 0 Å². The topological polar surface area (TPSA) is 43.2 Å². The van der Waals surface area contributed by atoms with E-state index in [9.17, 15) is 4.39 Å². The lowest BCUT2D eigenvalue weighted by Crippen LogP contribution is -2.68. The smallest absolute Gasteiger partial charge is 0.236 e. The molecule has 1 unspecified atom stereocenters. The quantitative estimate of drug-likeness (QED) is 0.330. The lowest BCUT2D eigenvalue weighted by atomic mass is 9.91. The molecule has 0 amide bonds. The van der Waals surface area contributed by atoms with E-state index >= 15 is 0 Å². The average molecular weight is 501 g/mol. The number of hydrogen-bond donors (Lipinski definition) is 0. The monoisotopic (exact) mass is 500 g/mol. The number of rotatable bonds is 4. The fourth-order valence-electron chi connectivity index (χ4n) is 6.69. The normalized spacial score (nSPS) is 25.9. The minimum atomic E-state index is -0.218. The van der Waals surface area contributed by atoms with E-state index in [1.165, 1.54) is 16.6 Å². The van der Waals surface area contributed by atoms with Crippen molar-refractivity contribution in [1.29, 1.82) is 0 Å². The Bertz CT molecular complexity index is 1450. The van der Waals surface area contributed by atoms with Crippen LogP contribution in [0.2, 0.25) is 0 Å². The van der Waals surface area contributed by atoms with E-state index in [0.717, 1.165) is 97.3 Å². The van der Waals surface area contributed by atoms with Gasteiger partial charge in [-0.05, 0) is 60.4 Å². The molecule has 2 bridgehead atoms. The molecule has 0 spiro atoms. The Hall–Kier alpha value is -2.87. The van der Waals surface area contributed by atoms with Gasteiger partial charge in [-0.3, -0.25) is 9.38 Å². The lowest BCUT2D eigenvalue weighted by Gasteiger charge is -2.49. The molecule has 6 nitrogen and oxygen atoms in total. The van der Waals surface area contributed by atoms with Gasteiger partial charge in [-0.25, -0.2) is 9.07 Å². The maximum Gasteiger partial charge on any atom is 0.236 e. The molecule has 6 heterocycles. The minimum absolute atomic E-state index is 0.0165. The zero-order valence-corrected chi connectivity index (χ0v) is 21.8. The SMILES string of the molecule is CC(C)c1nc([N+]23CCN(CC2)CC3)c2cc3c(cnn3C3CCCCO3)cc2c1-c1ccc(F)cc1. The highest BCUT2D eigenvalue weighted by molar-refractivity contribution is 6.08. The van der Waals surface area contributed by atoms with Gasteiger partial charge in [-0.15, -0.1) is 0 Å². The Morgan fingerprint density at radius 2 is 1.76 bits per heavy atom. The molecule has 4 aromatic rings. The van der Waals surface area contributed by atoms with E-state index in [2.05, 4.69) is 35.6 Å². The van der Waals surface area contributed by atoms with Crippen LogP contribution < -0.4 is 4.48 Å². The molecule has 2 aromatic heterocycles. The van der Waals surface area contributed by atoms with E-state index in [0.29, 0.717) is 0 Å². The summed E-state index contributed by atoms with van der Waals surface area (Å²) in [6.07, 6.45) is 5.22. The molecule has 0 aliphatic carbocycles. The molecule has 0 saturated carbocycles. The zero-order valence-electron chi connectivity index (χ0n) is 21.8. The number of benzene rings is 2. The molecule has 4 fully saturated rings. The third kappa shape index (κ3) is 3.78. The van der Waals surface area contributed by atoms with E-state index in [1.54, 1.807) is 12.1 Å². The molecule has 4 aliphatic heterocycles. The Morgan fingerprint density at radius 3 is 2.43 bits per heavy atom. The maximum atomic E-state index is 13.9. The Balaban J connectivity index is 1.53. The maximum absolute atomic E-state index is 13.9. The fourth-order valence-corrected chi connectivity index (χ4v) is 6.69. The third-order valence-electron chi connectivity index (χ3n) is 8.82. The van der Waals surface area contributed by atoms with Crippen LogP contribution in [0.5, 0.6) is 0 Å². The van der Waals surface area contributed by atoms with Gasteiger partial charge in [-0.2, -0.15) is 10.1 Å². The highest BCUT2D eigenvalue weighted by Gasteiger charge is 2.43. The summed E-state index contributed by atoms with van der Waals surface area (Å²) in [6, 6.07) is 11.5. The Labute approximate surface area is 217 Å². The third-order valence-corrected chi connectivity index (χ3v) is 8.82. The first-order valence-electron chi connectivity index (χ1n) is 13.8. The molecule has 8 rings (SSSR count). The van der Waals surface area contributed by atoms with Crippen molar-refractivity contribution in [3.05, 3.63) is 54.1 Å². The summed E-state index contributed by atoms with van der Waals surface area (Å²) in [7, 11) is 0. The van der Waals surface area contributed by atoms with Crippen molar-refractivity contribution < 1.29 is 9.13 Å². The molecular weight excluding hydrogens is 465 g/mol. The number of halogens is 1. The van der Waals surface area contributed by atoms with Crippen LogP contribution in [-0.4, -0.2) is 65.5 Å². The molecule has 1 atom stereocenters. The van der Waals surface area contributed by atoms with Crippen molar-refractivity contribution in [2.45, 2.75) is 45.3 Å². The summed E-state index contributed by atoms with van der Waals surface area (Å²) in [5.41, 5.74) is 4.33. The van der Waals surface area contributed by atoms with Crippen LogP contribution in [0.1, 0.15) is 50.9 Å². The van der Waals surface area contributed by atoms with Crippen LogP contribution in [0, 0.1) is 5.82 Å². The van der Waals surface area contributed by atoms with Crippen molar-refractivity contribution in [3.8, 4) is 11.1 Å². The second-order valence-electron chi connectivity index (χ2n) is 11.4. The number of hydrogen-bond acceptors (Lipinski definition) is 4. The number of pyridine rings is 1. The van der Waals surface area contributed by atoms with Crippen LogP contribution in [0.25, 0.3) is 32.8 Å². The van der Waals surface area contributed by atoms with Crippen LogP contribution in [0.3, 0.4) is 0 Å². The Kier molecular flexibility index (Phi) is 5.57. The van der Waals surface area contributed by atoms with Gasteiger partial charge in [0, 0.05) is 37.2 Å². The van der Waals surface area contributed by atoms with E-state index < -0.39 is 0 Å². The molecular formula is C30H35FN5O+. The fraction of sp³-hybridized carbons (Fsp3) is 0.467. The molecule has 7 heteroatoms. The van der Waals surface area contributed by atoms with Crippen LogP contribution >= 0.6 is 0 Å². The number of piperazine rings is 3. The molecule has 192 valence electrons. The lowest BCUT2D eigenvalue weighted by molar-refractivity contribution is -0.0366. The van der Waals surface area contributed by atoms with Crippen molar-refractivity contribution >= 4 is 27.5 Å². The summed E-state index contributed by atoms with van der Waals surface area (Å²) in [5, 5.41) is 8.31. The molecule has 2 aromatic carbocycles. The number of quaternary nitrogens is 1. The van der Waals surface area contributed by atoms with Gasteiger partial charge in [0.15, 0.2) is 6.23 Å². The second kappa shape index (κ2) is 8.86. The number of nitrogens with zero attached hydrogens (tertiary/aromatic N) is 5. The van der Waals surface area contributed by atoms with Gasteiger partial charge in [0.25, 0.3) is 0 Å². The summed E-state index contributed by atoms with van der Waals surface area (Å²) >= 11 is 0. The molecule has 4 aliphatic rings. The molecule has 4 saturated heterocycles. The van der Waals surface area contributed by atoms with Crippen molar-refractivity contribution in [2.75, 3.05) is 45.9 Å². The predicted octanol–water partition coefficient (Wildman–Crippen LogP) is 5.85. The number of ether oxygens (including phenoxy) is 1. The highest BCUT2D eigenvalue weighted by atomic mass is 19.1. The first kappa shape index (κ1) is 23.3. The van der Waals surface area contributed by atoms with Gasteiger partial charge in [0.1, 0.15) is 5.82 Å². The van der Waals surface area contributed by atoms with Crippen molar-refractivity contribution in [1.82, 2.24) is 24.1 Å². The van der Waals surface area contributed by atoms with Crippen molar-refractivity contribution in [2.24, 2.45) is 0 Å². The Morgan fingerprint density at radius 1 is 1.00 bits per heavy atom. The van der Waals surface area contributed by atoms with Gasteiger partial charge in [0.2, 0.25) is 5.82 Å². The predicted molar refractivity (Wildman–Crippen MR) is 146 cm³/mol. The van der Waals surface area contributed by atoms with Gasteiger partial charge >= 0.3 is 0 Å². The van der Waals surface area contributed by atoms with E-state index in [1.807, 2.05) is 18.3 Å². The molecule has 0 N–H and O–H groups in total. The van der Waals surface area contributed by atoms with Gasteiger partial charge in [-0.1, -0.05) is 26.0 Å². The number of aromatic nitrogens is 3. The first-order valence-corrected chi connectivity index (χ1v) is 13.8. The van der Waals surface area contributed by atoms with Gasteiger partial charge < -0.3 is 4.74 Å². The summed E-state index contributed by atoms with van der Waals surface area (Å²) < 4.78 is 23.1. The van der Waals surface area contributed by atoms with Crippen LogP contribution in [0.15, 0.2) is 42.6 Å². The first-order chi connectivity index (χ1) is 18.0. The molecule has 0 radical (unpaired) electrons. The average Bonchev–Trinajstić information content (AvgIpc) is 3.36. The summed E-state index contributed by atoms with van der Waals surface area (Å²) in [6.45, 7) is 11.9. The highest BCUT2D eigenvalue weighted by Crippen LogP contribution is 2.44. The summed E-state index contributed by atoms with van der Waals surface area (Å²) in [4.78, 5) is 8.10. The van der Waals surface area contributed by atoms with Gasteiger partial charge in [0.05, 0.1) is 42.4 Å². The standard InChI is InChI=1S/C30H35FN5O/c1-20(2)29-28(21-6-8-23(31)9-7-21)24-17-22-19-32-35(27-5-3-4-16-37-27)26(22)18-25(24)30(33-29)36-13-10-34(11-14-36)12-15-36/h6-9,17-20,27H,3-5,10-16H2,1-2H3/q+1.